The fourth-order valence-corrected chi connectivity index (χ4v) is 7.20. The molecule has 0 amide bonds. The smallest absolute Gasteiger partial charge is 0.151 e. The first-order valence-corrected chi connectivity index (χ1v) is 13.5. The van der Waals surface area contributed by atoms with Gasteiger partial charge in [0, 0.05) is 5.69 Å². The summed E-state index contributed by atoms with van der Waals surface area (Å²) in [5.74, 6) is 1.73. The molecule has 39 heavy (non-hydrogen) atoms. The van der Waals surface area contributed by atoms with Crippen LogP contribution >= 0.6 is 0 Å². The minimum Gasteiger partial charge on any atom is -0.453 e. The Morgan fingerprint density at radius 2 is 0.846 bits per heavy atom. The predicted molar refractivity (Wildman–Crippen MR) is 157 cm³/mol. The van der Waals surface area contributed by atoms with Crippen LogP contribution in [0.2, 0.25) is 0 Å². The van der Waals surface area contributed by atoms with E-state index in [-0.39, 0.29) is 5.41 Å². The Labute approximate surface area is 227 Å². The Bertz CT molecular complexity index is 1860. The molecule has 1 heterocycles. The molecule has 0 aromatic heterocycles. The third-order valence-corrected chi connectivity index (χ3v) is 8.67. The second-order valence-corrected chi connectivity index (χ2v) is 10.5. The van der Waals surface area contributed by atoms with Gasteiger partial charge in [-0.3, -0.25) is 0 Å². The van der Waals surface area contributed by atoms with Crippen LogP contribution in [-0.2, 0) is 5.41 Å². The van der Waals surface area contributed by atoms with Gasteiger partial charge in [0.25, 0.3) is 0 Å². The maximum atomic E-state index is 6.32. The van der Waals surface area contributed by atoms with E-state index in [1.807, 2.05) is 24.3 Å². The van der Waals surface area contributed by atoms with Crippen LogP contribution in [0.3, 0.4) is 0 Å². The third kappa shape index (κ3) is 2.56. The second-order valence-electron chi connectivity index (χ2n) is 10.5. The average Bonchev–Trinajstić information content (AvgIpc) is 3.47. The summed E-state index contributed by atoms with van der Waals surface area (Å²) >= 11 is 0. The highest BCUT2D eigenvalue weighted by atomic mass is 16.5. The van der Waals surface area contributed by atoms with Crippen molar-refractivity contribution < 1.29 is 4.74 Å². The molecule has 0 radical (unpaired) electrons. The topological polar surface area (TPSA) is 12.5 Å². The predicted octanol–water partition coefficient (Wildman–Crippen LogP) is 9.61. The molecule has 0 unspecified atom stereocenters. The summed E-state index contributed by atoms with van der Waals surface area (Å²) in [5, 5.41) is 0. The molecule has 0 bridgehead atoms. The van der Waals surface area contributed by atoms with E-state index in [4.69, 9.17) is 4.74 Å². The Kier molecular flexibility index (Phi) is 4.02. The molecule has 0 saturated heterocycles. The quantitative estimate of drug-likeness (QED) is 0.224. The molecule has 3 aliphatic rings. The summed E-state index contributed by atoms with van der Waals surface area (Å²) in [6.07, 6.45) is 0. The molecule has 6 aromatic rings. The van der Waals surface area contributed by atoms with E-state index in [0.717, 1.165) is 28.6 Å². The van der Waals surface area contributed by atoms with Crippen LogP contribution in [0.25, 0.3) is 22.3 Å². The molecule has 2 heteroatoms. The van der Waals surface area contributed by atoms with E-state index in [1.165, 1.54) is 44.5 Å². The van der Waals surface area contributed by atoms with Gasteiger partial charge < -0.3 is 9.64 Å². The summed E-state index contributed by atoms with van der Waals surface area (Å²) in [5.41, 5.74) is 13.5. The zero-order chi connectivity index (χ0) is 25.6. The van der Waals surface area contributed by atoms with Crippen molar-refractivity contribution in [1.82, 2.24) is 0 Å². The molecule has 6 aromatic carbocycles. The van der Waals surface area contributed by atoms with Crippen LogP contribution in [0.15, 0.2) is 140 Å². The fourth-order valence-electron chi connectivity index (χ4n) is 7.20. The normalized spacial score (nSPS) is 14.5. The standard InChI is InChI=1S/C37H23NO/c1-4-14-29-25(11-1)26-12-2-5-15-30(26)37(29)31-16-6-3-13-27(31)28-22-21-24(23-32(28)37)38-33-17-7-9-19-35(33)39-36-20-10-8-18-34(36)38/h1-23H. The highest BCUT2D eigenvalue weighted by Crippen LogP contribution is 2.63. The van der Waals surface area contributed by atoms with Gasteiger partial charge in [0.1, 0.15) is 0 Å². The van der Waals surface area contributed by atoms with Crippen molar-refractivity contribution >= 4 is 17.1 Å². The molecule has 0 fully saturated rings. The van der Waals surface area contributed by atoms with Crippen LogP contribution in [-0.4, -0.2) is 0 Å². The maximum absolute atomic E-state index is 6.32. The van der Waals surface area contributed by atoms with Crippen molar-refractivity contribution in [3.05, 3.63) is 162 Å². The fraction of sp³-hybridized carbons (Fsp3) is 0.0270. The number of benzene rings is 6. The highest BCUT2D eigenvalue weighted by Gasteiger charge is 2.51. The van der Waals surface area contributed by atoms with Crippen LogP contribution in [0.1, 0.15) is 22.3 Å². The molecule has 1 spiro atoms. The number of fused-ring (bicyclic) bond motifs is 12. The molecule has 2 nitrogen and oxygen atoms in total. The van der Waals surface area contributed by atoms with Gasteiger partial charge >= 0.3 is 0 Å². The van der Waals surface area contributed by atoms with E-state index >= 15 is 0 Å². The van der Waals surface area contributed by atoms with Crippen molar-refractivity contribution in [3.63, 3.8) is 0 Å². The van der Waals surface area contributed by atoms with Gasteiger partial charge in [-0.15, -0.1) is 0 Å². The summed E-state index contributed by atoms with van der Waals surface area (Å²) in [6, 6.07) is 50.5. The first-order valence-electron chi connectivity index (χ1n) is 13.5. The molecule has 182 valence electrons. The van der Waals surface area contributed by atoms with Gasteiger partial charge in [-0.2, -0.15) is 0 Å². The highest BCUT2D eigenvalue weighted by molar-refractivity contribution is 5.96. The number of hydrogen-bond donors (Lipinski definition) is 0. The zero-order valence-corrected chi connectivity index (χ0v) is 21.1. The van der Waals surface area contributed by atoms with Crippen molar-refractivity contribution in [2.75, 3.05) is 4.90 Å². The van der Waals surface area contributed by atoms with E-state index < -0.39 is 0 Å². The summed E-state index contributed by atoms with van der Waals surface area (Å²) in [7, 11) is 0. The minimum atomic E-state index is -0.361. The second kappa shape index (κ2) is 7.49. The van der Waals surface area contributed by atoms with Crippen molar-refractivity contribution in [1.29, 1.82) is 0 Å². The first-order chi connectivity index (χ1) is 19.4. The van der Waals surface area contributed by atoms with Crippen molar-refractivity contribution in [2.45, 2.75) is 5.41 Å². The molecule has 9 rings (SSSR count). The molecule has 0 atom stereocenters. The Balaban J connectivity index is 1.37. The Hall–Kier alpha value is -5.08. The first kappa shape index (κ1) is 20.9. The molecule has 0 saturated carbocycles. The molecular formula is C37H23NO. The maximum Gasteiger partial charge on any atom is 0.151 e. The Morgan fingerprint density at radius 1 is 0.410 bits per heavy atom. The molecule has 0 N–H and O–H groups in total. The largest absolute Gasteiger partial charge is 0.453 e. The number of rotatable bonds is 1. The summed E-state index contributed by atoms with van der Waals surface area (Å²) < 4.78 is 6.32. The van der Waals surface area contributed by atoms with Gasteiger partial charge in [-0.25, -0.2) is 0 Å². The van der Waals surface area contributed by atoms with Crippen LogP contribution in [0.4, 0.5) is 17.1 Å². The minimum absolute atomic E-state index is 0.361. The Morgan fingerprint density at radius 3 is 1.38 bits per heavy atom. The lowest BCUT2D eigenvalue weighted by Crippen LogP contribution is -2.26. The lowest BCUT2D eigenvalue weighted by atomic mass is 9.70. The van der Waals surface area contributed by atoms with E-state index in [2.05, 4.69) is 120 Å². The monoisotopic (exact) mass is 497 g/mol. The molecular weight excluding hydrogens is 474 g/mol. The van der Waals surface area contributed by atoms with Gasteiger partial charge in [-0.05, 0) is 80.9 Å². The van der Waals surface area contributed by atoms with Gasteiger partial charge in [0.05, 0.1) is 16.8 Å². The van der Waals surface area contributed by atoms with Gasteiger partial charge in [0.15, 0.2) is 11.5 Å². The SMILES string of the molecule is c1ccc2c(c1)Oc1ccccc1N2c1ccc2c(c1)C1(c3ccccc3-c3ccccc31)c1ccccc1-2. The lowest BCUT2D eigenvalue weighted by molar-refractivity contribution is 0.477. The van der Waals surface area contributed by atoms with Crippen LogP contribution < -0.4 is 9.64 Å². The summed E-state index contributed by atoms with van der Waals surface area (Å²) in [4.78, 5) is 2.35. The number of para-hydroxylation sites is 4. The number of anilines is 3. The zero-order valence-electron chi connectivity index (χ0n) is 21.1. The lowest BCUT2D eigenvalue weighted by Gasteiger charge is -2.34. The summed E-state index contributed by atoms with van der Waals surface area (Å²) in [6.45, 7) is 0. The van der Waals surface area contributed by atoms with Gasteiger partial charge in [-0.1, -0.05) is 103 Å². The van der Waals surface area contributed by atoms with Crippen LogP contribution in [0, 0.1) is 0 Å². The van der Waals surface area contributed by atoms with E-state index in [0.29, 0.717) is 0 Å². The number of nitrogens with zero attached hydrogens (tertiary/aromatic N) is 1. The third-order valence-electron chi connectivity index (χ3n) is 8.67. The van der Waals surface area contributed by atoms with E-state index in [1.54, 1.807) is 0 Å². The van der Waals surface area contributed by atoms with E-state index in [9.17, 15) is 0 Å². The average molecular weight is 498 g/mol. The van der Waals surface area contributed by atoms with Gasteiger partial charge in [0.2, 0.25) is 0 Å². The number of hydrogen-bond acceptors (Lipinski definition) is 2. The molecule has 1 aliphatic heterocycles. The number of ether oxygens (including phenoxy) is 1. The van der Waals surface area contributed by atoms with Crippen molar-refractivity contribution in [3.8, 4) is 33.8 Å². The van der Waals surface area contributed by atoms with Crippen molar-refractivity contribution in [2.24, 2.45) is 0 Å². The van der Waals surface area contributed by atoms with Crippen LogP contribution in [0.5, 0.6) is 11.5 Å². The molecule has 2 aliphatic carbocycles.